The van der Waals surface area contributed by atoms with Crippen molar-refractivity contribution in [1.82, 2.24) is 0 Å². The molecule has 2 aliphatic rings. The van der Waals surface area contributed by atoms with Crippen LogP contribution in [-0.4, -0.2) is 67.6 Å². The summed E-state index contributed by atoms with van der Waals surface area (Å²) in [7, 11) is 0. The van der Waals surface area contributed by atoms with E-state index in [0.717, 1.165) is 16.7 Å². The third kappa shape index (κ3) is 10.3. The number of carbonyl (C=O) groups excluding carboxylic acids is 2. The van der Waals surface area contributed by atoms with Gasteiger partial charge in [-0.3, -0.25) is 4.79 Å². The van der Waals surface area contributed by atoms with Crippen LogP contribution in [0.5, 0.6) is 0 Å². The summed E-state index contributed by atoms with van der Waals surface area (Å²) >= 11 is 0. The molecule has 4 aromatic rings. The van der Waals surface area contributed by atoms with E-state index in [1.807, 2.05) is 118 Å². The van der Waals surface area contributed by atoms with Crippen LogP contribution in [0.25, 0.3) is 0 Å². The van der Waals surface area contributed by atoms with Crippen molar-refractivity contribution in [3.8, 4) is 0 Å². The van der Waals surface area contributed by atoms with Crippen LogP contribution >= 0.6 is 0 Å². The Morgan fingerprint density at radius 3 is 1.76 bits per heavy atom. The van der Waals surface area contributed by atoms with Crippen molar-refractivity contribution in [3.05, 3.63) is 155 Å². The first-order chi connectivity index (χ1) is 26.3. The standard InChI is InChI=1S/C44H48O10/c1-29-30(2)51-44(42(38(29)52-32(4)45)49-27-35-21-13-7-14-22-35)54-40-37(28-47-25-33-17-9-5-10-18-33)50-31(3)39(53-43(46)36-23-15-8-16-24-36)41(40)48-26-34-19-11-6-12-20-34/h5-24,30-31,37,39-42,44H,25-28H2,1-4H3/t30?,31-,37?,39?,40+,41?,42?,44+/m0/s1. The summed E-state index contributed by atoms with van der Waals surface area (Å²) in [5.41, 5.74) is 3.92. The van der Waals surface area contributed by atoms with Gasteiger partial charge in [-0.25, -0.2) is 4.79 Å². The van der Waals surface area contributed by atoms with Crippen LogP contribution < -0.4 is 0 Å². The third-order valence-electron chi connectivity index (χ3n) is 9.46. The van der Waals surface area contributed by atoms with E-state index >= 15 is 0 Å². The maximum absolute atomic E-state index is 13.6. The second kappa shape index (κ2) is 19.1. The van der Waals surface area contributed by atoms with Crippen LogP contribution in [0.4, 0.5) is 0 Å². The van der Waals surface area contributed by atoms with Crippen molar-refractivity contribution in [1.29, 1.82) is 0 Å². The molecular formula is C44H48O10. The maximum atomic E-state index is 13.6. The summed E-state index contributed by atoms with van der Waals surface area (Å²) in [5.74, 6) is -0.702. The molecule has 10 heteroatoms. The number of hydrogen-bond donors (Lipinski definition) is 0. The van der Waals surface area contributed by atoms with Gasteiger partial charge in [0.25, 0.3) is 0 Å². The Morgan fingerprint density at radius 1 is 0.648 bits per heavy atom. The minimum absolute atomic E-state index is 0.123. The molecule has 0 aliphatic carbocycles. The van der Waals surface area contributed by atoms with Crippen LogP contribution in [0.3, 0.4) is 0 Å². The number of esters is 2. The van der Waals surface area contributed by atoms with E-state index in [2.05, 4.69) is 0 Å². The fourth-order valence-corrected chi connectivity index (χ4v) is 6.54. The van der Waals surface area contributed by atoms with Gasteiger partial charge < -0.3 is 37.9 Å². The average Bonchev–Trinajstić information content (AvgIpc) is 3.19. The SMILES string of the molecule is CC(=O)OC1=C(C)C(C)O[C@H](O[C@@H]2C(COCc3ccccc3)O[C@@H](C)C(OC(=O)c3ccccc3)C2OCc2ccccc2)C1OCc1ccccc1. The summed E-state index contributed by atoms with van der Waals surface area (Å²) in [6.07, 6.45) is -6.51. The molecular weight excluding hydrogens is 688 g/mol. The summed E-state index contributed by atoms with van der Waals surface area (Å²) in [4.78, 5) is 26.0. The van der Waals surface area contributed by atoms with Gasteiger partial charge in [0.1, 0.15) is 24.1 Å². The second-order valence-electron chi connectivity index (χ2n) is 13.5. The van der Waals surface area contributed by atoms with E-state index in [4.69, 9.17) is 37.9 Å². The van der Waals surface area contributed by atoms with E-state index in [9.17, 15) is 9.59 Å². The number of ether oxygens (including phenoxy) is 8. The zero-order chi connectivity index (χ0) is 37.9. The van der Waals surface area contributed by atoms with Crippen LogP contribution in [0, 0.1) is 0 Å². The fraction of sp³-hybridized carbons (Fsp3) is 0.364. The average molecular weight is 737 g/mol. The Kier molecular flexibility index (Phi) is 13.8. The second-order valence-corrected chi connectivity index (χ2v) is 13.5. The summed E-state index contributed by atoms with van der Waals surface area (Å²) in [6, 6.07) is 38.0. The number of rotatable bonds is 15. The molecule has 0 aromatic heterocycles. The third-order valence-corrected chi connectivity index (χ3v) is 9.46. The molecule has 2 aliphatic heterocycles. The van der Waals surface area contributed by atoms with Crippen LogP contribution in [0.2, 0.25) is 0 Å². The van der Waals surface area contributed by atoms with Crippen LogP contribution in [0.1, 0.15) is 54.7 Å². The van der Waals surface area contributed by atoms with Gasteiger partial charge in [-0.05, 0) is 55.2 Å². The van der Waals surface area contributed by atoms with Gasteiger partial charge in [-0.15, -0.1) is 0 Å². The van der Waals surface area contributed by atoms with Gasteiger partial charge in [-0.1, -0.05) is 109 Å². The van der Waals surface area contributed by atoms with E-state index in [1.165, 1.54) is 6.92 Å². The van der Waals surface area contributed by atoms with Gasteiger partial charge in [-0.2, -0.15) is 0 Å². The lowest BCUT2D eigenvalue weighted by Crippen LogP contribution is -2.62. The monoisotopic (exact) mass is 736 g/mol. The van der Waals surface area contributed by atoms with E-state index in [0.29, 0.717) is 23.5 Å². The molecule has 0 radical (unpaired) electrons. The molecule has 1 fully saturated rings. The van der Waals surface area contributed by atoms with E-state index in [-0.39, 0.29) is 19.8 Å². The molecule has 54 heavy (non-hydrogen) atoms. The molecule has 0 bridgehead atoms. The Balaban J connectivity index is 1.35. The Hall–Kier alpha value is -4.68. The molecule has 0 saturated carbocycles. The Labute approximate surface area is 316 Å². The summed E-state index contributed by atoms with van der Waals surface area (Å²) < 4.78 is 51.5. The van der Waals surface area contributed by atoms with Crippen molar-refractivity contribution in [3.63, 3.8) is 0 Å². The van der Waals surface area contributed by atoms with E-state index < -0.39 is 61.0 Å². The molecule has 8 atom stereocenters. The summed E-state index contributed by atoms with van der Waals surface area (Å²) in [5, 5.41) is 0. The lowest BCUT2D eigenvalue weighted by Gasteiger charge is -2.47. The molecule has 284 valence electrons. The van der Waals surface area contributed by atoms with Gasteiger partial charge in [0.15, 0.2) is 18.5 Å². The predicted molar refractivity (Wildman–Crippen MR) is 200 cm³/mol. The smallest absolute Gasteiger partial charge is 0.338 e. The largest absolute Gasteiger partial charge is 0.453 e. The maximum Gasteiger partial charge on any atom is 0.338 e. The van der Waals surface area contributed by atoms with Crippen molar-refractivity contribution >= 4 is 11.9 Å². The zero-order valence-electron chi connectivity index (χ0n) is 31.1. The van der Waals surface area contributed by atoms with Crippen LogP contribution in [0.15, 0.2) is 133 Å². The number of carbonyl (C=O) groups is 2. The minimum atomic E-state index is -1.09. The Bertz CT molecular complexity index is 1800. The highest BCUT2D eigenvalue weighted by atomic mass is 16.7. The predicted octanol–water partition coefficient (Wildman–Crippen LogP) is 7.35. The molecule has 10 nitrogen and oxygen atoms in total. The zero-order valence-corrected chi connectivity index (χ0v) is 31.1. The van der Waals surface area contributed by atoms with Crippen molar-refractivity contribution < 1.29 is 47.5 Å². The molecule has 0 spiro atoms. The highest BCUT2D eigenvalue weighted by Crippen LogP contribution is 2.36. The molecule has 2 heterocycles. The lowest BCUT2D eigenvalue weighted by molar-refractivity contribution is -0.314. The number of hydrogen-bond acceptors (Lipinski definition) is 10. The van der Waals surface area contributed by atoms with Gasteiger partial charge in [0.2, 0.25) is 0 Å². The molecule has 4 aromatic carbocycles. The van der Waals surface area contributed by atoms with Gasteiger partial charge in [0.05, 0.1) is 44.2 Å². The van der Waals surface area contributed by atoms with Gasteiger partial charge >= 0.3 is 11.9 Å². The highest BCUT2D eigenvalue weighted by Gasteiger charge is 2.51. The topological polar surface area (TPSA) is 108 Å². The quantitative estimate of drug-likeness (QED) is 0.115. The summed E-state index contributed by atoms with van der Waals surface area (Å²) in [6.45, 7) is 7.74. The highest BCUT2D eigenvalue weighted by molar-refractivity contribution is 5.89. The molecule has 5 unspecified atom stereocenters. The normalized spacial score (nSPS) is 25.6. The minimum Gasteiger partial charge on any atom is -0.453 e. The van der Waals surface area contributed by atoms with Gasteiger partial charge in [0, 0.05) is 6.92 Å². The fourth-order valence-electron chi connectivity index (χ4n) is 6.54. The first kappa shape index (κ1) is 39.0. The van der Waals surface area contributed by atoms with Crippen molar-refractivity contribution in [2.24, 2.45) is 0 Å². The van der Waals surface area contributed by atoms with Crippen LogP contribution in [-0.2, 0) is 62.5 Å². The van der Waals surface area contributed by atoms with Crippen molar-refractivity contribution in [2.75, 3.05) is 6.61 Å². The first-order valence-electron chi connectivity index (χ1n) is 18.3. The van der Waals surface area contributed by atoms with E-state index in [1.54, 1.807) is 24.3 Å². The Morgan fingerprint density at radius 2 is 1.19 bits per heavy atom. The molecule has 6 rings (SSSR count). The molecule has 1 saturated heterocycles. The lowest BCUT2D eigenvalue weighted by atomic mass is 9.94. The molecule has 0 N–H and O–H groups in total. The first-order valence-corrected chi connectivity index (χ1v) is 18.3. The number of benzene rings is 4. The van der Waals surface area contributed by atoms with Crippen molar-refractivity contribution in [2.45, 2.75) is 96.5 Å². The molecule has 0 amide bonds.